The topological polar surface area (TPSA) is 37.3 Å². The van der Waals surface area contributed by atoms with Crippen LogP contribution in [0.5, 0.6) is 0 Å². The SMILES string of the molecule is Br.O=C(O)CC(Br)Br. The summed E-state index contributed by atoms with van der Waals surface area (Å²) in [6.45, 7) is 0. The second kappa shape index (κ2) is 6.04. The molecule has 2 nitrogen and oxygen atoms in total. The third kappa shape index (κ3) is 10.0. The van der Waals surface area contributed by atoms with Crippen LogP contribution in [0, 0.1) is 0 Å². The van der Waals surface area contributed by atoms with Crippen molar-refractivity contribution in [1.29, 1.82) is 0 Å². The Balaban J connectivity index is 0. The highest BCUT2D eigenvalue weighted by atomic mass is 79.9. The molecule has 5 heteroatoms. The lowest BCUT2D eigenvalue weighted by atomic mass is 10.5. The predicted octanol–water partition coefficient (Wildman–Crippen LogP) is 2.15. The van der Waals surface area contributed by atoms with Crippen molar-refractivity contribution in [3.8, 4) is 0 Å². The molecule has 0 aromatic carbocycles. The van der Waals surface area contributed by atoms with Gasteiger partial charge in [-0.25, -0.2) is 0 Å². The van der Waals surface area contributed by atoms with E-state index >= 15 is 0 Å². The van der Waals surface area contributed by atoms with E-state index in [1.165, 1.54) is 0 Å². The third-order valence-corrected chi connectivity index (χ3v) is 0.976. The van der Waals surface area contributed by atoms with E-state index in [1.54, 1.807) is 0 Å². The molecule has 0 aromatic heterocycles. The van der Waals surface area contributed by atoms with Gasteiger partial charge in [0.1, 0.15) is 0 Å². The van der Waals surface area contributed by atoms with Gasteiger partial charge in [0, 0.05) is 0 Å². The van der Waals surface area contributed by atoms with E-state index in [4.69, 9.17) is 5.11 Å². The van der Waals surface area contributed by atoms with Crippen molar-refractivity contribution in [1.82, 2.24) is 0 Å². The van der Waals surface area contributed by atoms with Crippen LogP contribution in [0.4, 0.5) is 0 Å². The molecule has 0 spiro atoms. The van der Waals surface area contributed by atoms with E-state index in [2.05, 4.69) is 31.9 Å². The van der Waals surface area contributed by atoms with Gasteiger partial charge in [-0.15, -0.1) is 17.0 Å². The van der Waals surface area contributed by atoms with Gasteiger partial charge in [-0.05, 0) is 0 Å². The molecule has 0 saturated heterocycles. The largest absolute Gasteiger partial charge is 0.481 e. The molecule has 0 saturated carbocycles. The summed E-state index contributed by atoms with van der Waals surface area (Å²) >= 11 is 6.02. The van der Waals surface area contributed by atoms with Gasteiger partial charge >= 0.3 is 5.97 Å². The van der Waals surface area contributed by atoms with E-state index < -0.39 is 5.97 Å². The smallest absolute Gasteiger partial charge is 0.305 e. The van der Waals surface area contributed by atoms with Crippen LogP contribution < -0.4 is 0 Å². The first-order valence-electron chi connectivity index (χ1n) is 1.63. The quantitative estimate of drug-likeness (QED) is 0.793. The molecule has 0 amide bonds. The summed E-state index contributed by atoms with van der Waals surface area (Å²) in [4.78, 5) is 9.75. The summed E-state index contributed by atoms with van der Waals surface area (Å²) < 4.78 is -0.0995. The number of alkyl halides is 2. The molecule has 0 radical (unpaired) electrons. The maximum atomic E-state index is 9.75. The average Bonchev–Trinajstić information content (AvgIpc) is 1.27. The summed E-state index contributed by atoms with van der Waals surface area (Å²) in [6.07, 6.45) is 0.111. The Bertz CT molecular complexity index is 72.9. The molecule has 0 rings (SSSR count). The van der Waals surface area contributed by atoms with E-state index in [0.717, 1.165) is 0 Å². The van der Waals surface area contributed by atoms with Crippen molar-refractivity contribution >= 4 is 54.8 Å². The first kappa shape index (κ1) is 11.7. The first-order valence-corrected chi connectivity index (χ1v) is 3.46. The molecule has 0 unspecified atom stereocenters. The molecule has 0 aliphatic rings. The Morgan fingerprint density at radius 2 is 2.00 bits per heavy atom. The Labute approximate surface area is 74.7 Å². The van der Waals surface area contributed by atoms with Crippen LogP contribution in [0.1, 0.15) is 6.42 Å². The molecule has 0 aliphatic carbocycles. The number of hydrogen-bond donors (Lipinski definition) is 1. The zero-order valence-electron chi connectivity index (χ0n) is 3.80. The highest BCUT2D eigenvalue weighted by molar-refractivity contribution is 9.24. The fourth-order valence-corrected chi connectivity index (χ4v) is 0.686. The fourth-order valence-electron chi connectivity index (χ4n) is 0.132. The number of carbonyl (C=O) groups is 1. The number of carboxylic acid groups (broad SMARTS) is 1. The zero-order valence-corrected chi connectivity index (χ0v) is 8.69. The molecule has 0 aliphatic heterocycles. The van der Waals surface area contributed by atoms with Gasteiger partial charge in [-0.2, -0.15) is 0 Å². The van der Waals surface area contributed by atoms with E-state index in [9.17, 15) is 4.79 Å². The van der Waals surface area contributed by atoms with E-state index in [1.807, 2.05) is 0 Å². The summed E-state index contributed by atoms with van der Waals surface area (Å²) in [7, 11) is 0. The van der Waals surface area contributed by atoms with Crippen molar-refractivity contribution in [3.05, 3.63) is 0 Å². The third-order valence-electron chi connectivity index (χ3n) is 0.329. The number of hydrogen-bond acceptors (Lipinski definition) is 1. The molecule has 1 N–H and O–H groups in total. The van der Waals surface area contributed by atoms with Crippen molar-refractivity contribution in [3.63, 3.8) is 0 Å². The predicted molar refractivity (Wildman–Crippen MR) is 44.2 cm³/mol. The second-order valence-corrected chi connectivity index (χ2v) is 4.43. The number of rotatable bonds is 2. The molecule has 0 fully saturated rings. The van der Waals surface area contributed by atoms with Gasteiger partial charge in [0.2, 0.25) is 0 Å². The lowest BCUT2D eigenvalue weighted by Crippen LogP contribution is -1.98. The standard InChI is InChI=1S/C3H4Br2O2.BrH/c4-2(5)1-3(6)7;/h2H,1H2,(H,6,7);1H. The molecule has 8 heavy (non-hydrogen) atoms. The summed E-state index contributed by atoms with van der Waals surface area (Å²) in [6, 6.07) is 0. The Hall–Kier alpha value is 0.910. The van der Waals surface area contributed by atoms with E-state index in [-0.39, 0.29) is 27.1 Å². The average molecular weight is 313 g/mol. The van der Waals surface area contributed by atoms with Gasteiger partial charge in [0.15, 0.2) is 0 Å². The fraction of sp³-hybridized carbons (Fsp3) is 0.667. The molecule has 50 valence electrons. The summed E-state index contributed by atoms with van der Waals surface area (Å²) in [5.74, 6) is -0.807. The molecule has 0 heterocycles. The molecule has 0 atom stereocenters. The number of halogens is 3. The summed E-state index contributed by atoms with van der Waals surface area (Å²) in [5, 5.41) is 8.02. The van der Waals surface area contributed by atoms with Crippen molar-refractivity contribution in [2.75, 3.05) is 0 Å². The van der Waals surface area contributed by atoms with Crippen LogP contribution in [0.15, 0.2) is 0 Å². The van der Waals surface area contributed by atoms with Crippen LogP contribution in [-0.4, -0.2) is 14.8 Å². The normalized spacial score (nSPS) is 8.38. The van der Waals surface area contributed by atoms with Gasteiger partial charge in [0.05, 0.1) is 10.2 Å². The first-order chi connectivity index (χ1) is 3.13. The van der Waals surface area contributed by atoms with Crippen molar-refractivity contribution in [2.45, 2.75) is 10.2 Å². The lowest BCUT2D eigenvalue weighted by Gasteiger charge is -1.90. The van der Waals surface area contributed by atoms with Gasteiger partial charge in [-0.3, -0.25) is 4.79 Å². The highest BCUT2D eigenvalue weighted by Crippen LogP contribution is 2.11. The minimum atomic E-state index is -0.807. The minimum absolute atomic E-state index is 0. The van der Waals surface area contributed by atoms with Crippen molar-refractivity contribution in [2.24, 2.45) is 0 Å². The number of aliphatic carboxylic acids is 1. The van der Waals surface area contributed by atoms with Crippen LogP contribution in [-0.2, 0) is 4.79 Å². The molecular weight excluding hydrogens is 308 g/mol. The highest BCUT2D eigenvalue weighted by Gasteiger charge is 2.02. The molecular formula is C3H5Br3O2. The molecule has 0 aromatic rings. The maximum Gasteiger partial charge on any atom is 0.305 e. The van der Waals surface area contributed by atoms with Crippen LogP contribution >= 0.6 is 48.8 Å². The Morgan fingerprint density at radius 1 is 1.62 bits per heavy atom. The summed E-state index contributed by atoms with van der Waals surface area (Å²) in [5.41, 5.74) is 0. The van der Waals surface area contributed by atoms with Crippen molar-refractivity contribution < 1.29 is 9.90 Å². The van der Waals surface area contributed by atoms with Gasteiger partial charge in [-0.1, -0.05) is 31.9 Å². The van der Waals surface area contributed by atoms with Crippen LogP contribution in [0.3, 0.4) is 0 Å². The van der Waals surface area contributed by atoms with Gasteiger partial charge < -0.3 is 5.11 Å². The molecule has 0 bridgehead atoms. The maximum absolute atomic E-state index is 9.75. The van der Waals surface area contributed by atoms with E-state index in [0.29, 0.717) is 0 Å². The van der Waals surface area contributed by atoms with Crippen LogP contribution in [0.2, 0.25) is 0 Å². The zero-order chi connectivity index (χ0) is 5.86. The number of carboxylic acids is 1. The Kier molecular flexibility index (Phi) is 8.81. The van der Waals surface area contributed by atoms with Crippen LogP contribution in [0.25, 0.3) is 0 Å². The monoisotopic (exact) mass is 310 g/mol. The second-order valence-electron chi connectivity index (χ2n) is 0.989. The minimum Gasteiger partial charge on any atom is -0.481 e. The lowest BCUT2D eigenvalue weighted by molar-refractivity contribution is -0.136. The Morgan fingerprint density at radius 3 is 2.00 bits per heavy atom. The van der Waals surface area contributed by atoms with Gasteiger partial charge in [0.25, 0.3) is 0 Å².